The van der Waals surface area contributed by atoms with Crippen molar-refractivity contribution in [1.29, 1.82) is 5.41 Å². The number of amides is 3. The second-order valence-electron chi connectivity index (χ2n) is 7.47. The summed E-state index contributed by atoms with van der Waals surface area (Å²) in [7, 11) is 1.54. The van der Waals surface area contributed by atoms with Gasteiger partial charge in [0.05, 0.1) is 7.11 Å². The van der Waals surface area contributed by atoms with E-state index in [2.05, 4.69) is 5.32 Å². The van der Waals surface area contributed by atoms with Gasteiger partial charge in [0, 0.05) is 36.4 Å². The lowest BCUT2D eigenvalue weighted by Gasteiger charge is -2.26. The minimum Gasteiger partial charge on any atom is -0.497 e. The molecule has 0 saturated carbocycles. The fraction of sp³-hybridized carbons (Fsp3) is 0.304. The molecule has 6 N–H and O–H groups in total. The van der Waals surface area contributed by atoms with Gasteiger partial charge in [0.25, 0.3) is 17.7 Å². The zero-order chi connectivity index (χ0) is 24.8. The van der Waals surface area contributed by atoms with Crippen LogP contribution in [0.3, 0.4) is 0 Å². The molecule has 2 aromatic rings. The molecule has 0 bridgehead atoms. The van der Waals surface area contributed by atoms with Crippen LogP contribution in [0, 0.1) is 5.41 Å². The molecule has 11 nitrogen and oxygen atoms in total. The van der Waals surface area contributed by atoms with Crippen LogP contribution in [-0.2, 0) is 27.4 Å². The quantitative estimate of drug-likeness (QED) is 0.274. The van der Waals surface area contributed by atoms with E-state index in [1.54, 1.807) is 37.3 Å². The van der Waals surface area contributed by atoms with Crippen molar-refractivity contribution in [3.8, 4) is 11.5 Å². The number of ether oxygens (including phenoxy) is 3. The van der Waals surface area contributed by atoms with Gasteiger partial charge < -0.3 is 35.9 Å². The number of carbonyl (C=O) groups is 3. The number of hydrogen-bond acceptors (Lipinski definition) is 7. The Labute approximate surface area is 196 Å². The smallest absolute Gasteiger partial charge is 0.270 e. The molecule has 3 rings (SSSR count). The van der Waals surface area contributed by atoms with Crippen molar-refractivity contribution in [2.24, 2.45) is 11.5 Å². The summed E-state index contributed by atoms with van der Waals surface area (Å²) in [5.41, 5.74) is 12.8. The molecule has 0 fully saturated rings. The lowest BCUT2D eigenvalue weighted by atomic mass is 10.1. The first kappa shape index (κ1) is 24.5. The highest BCUT2D eigenvalue weighted by atomic mass is 16.5. The van der Waals surface area contributed by atoms with E-state index >= 15 is 0 Å². The average molecular weight is 469 g/mol. The number of benzene rings is 2. The number of amidine groups is 1. The number of primary amides is 1. The molecular weight excluding hydrogens is 442 g/mol. The third-order valence-electron chi connectivity index (χ3n) is 5.18. The van der Waals surface area contributed by atoms with Gasteiger partial charge in [-0.2, -0.15) is 0 Å². The van der Waals surface area contributed by atoms with Crippen molar-refractivity contribution in [3.05, 3.63) is 58.7 Å². The van der Waals surface area contributed by atoms with Gasteiger partial charge in [0.1, 0.15) is 17.3 Å². The van der Waals surface area contributed by atoms with Gasteiger partial charge >= 0.3 is 0 Å². The summed E-state index contributed by atoms with van der Waals surface area (Å²) in [5, 5.41) is 10.3. The van der Waals surface area contributed by atoms with Crippen LogP contribution in [0.25, 0.3) is 0 Å². The van der Waals surface area contributed by atoms with Gasteiger partial charge in [-0.15, -0.1) is 0 Å². The van der Waals surface area contributed by atoms with E-state index in [0.717, 1.165) is 5.56 Å². The number of nitrogens with two attached hydrogens (primary N) is 2. The summed E-state index contributed by atoms with van der Waals surface area (Å²) in [5.74, 6) is -0.836. The number of methoxy groups -OCH3 is 1. The van der Waals surface area contributed by atoms with Gasteiger partial charge in [-0.3, -0.25) is 19.8 Å². The fourth-order valence-electron chi connectivity index (χ4n) is 3.52. The van der Waals surface area contributed by atoms with E-state index in [1.807, 2.05) is 0 Å². The maximum absolute atomic E-state index is 13.0. The van der Waals surface area contributed by atoms with Crippen LogP contribution < -0.4 is 26.3 Å². The van der Waals surface area contributed by atoms with Gasteiger partial charge in [-0.25, -0.2) is 0 Å². The summed E-state index contributed by atoms with van der Waals surface area (Å²) in [6.07, 6.45) is -1.15. The predicted octanol–water partition coefficient (Wildman–Crippen LogP) is 0.478. The van der Waals surface area contributed by atoms with Crippen LogP contribution >= 0.6 is 0 Å². The van der Waals surface area contributed by atoms with Gasteiger partial charge in [0.15, 0.2) is 6.61 Å². The van der Waals surface area contributed by atoms with Crippen molar-refractivity contribution in [3.63, 3.8) is 0 Å². The van der Waals surface area contributed by atoms with Gasteiger partial charge in [-0.05, 0) is 36.8 Å². The third kappa shape index (κ3) is 5.44. The Morgan fingerprint density at radius 2 is 1.97 bits per heavy atom. The number of fused-ring (bicyclic) bond motifs is 1. The van der Waals surface area contributed by atoms with Crippen LogP contribution in [0.1, 0.15) is 34.0 Å². The average Bonchev–Trinajstić information content (AvgIpc) is 3.14. The fourth-order valence-corrected chi connectivity index (χ4v) is 3.52. The SMILES string of the molecule is CCOC(C(=O)NCc1ccc(C(=N)N)cc1OCC(N)=O)N1Cc2cc(OC)ccc2C1=O. The first-order valence-corrected chi connectivity index (χ1v) is 10.5. The Morgan fingerprint density at radius 1 is 1.21 bits per heavy atom. The molecule has 180 valence electrons. The largest absolute Gasteiger partial charge is 0.497 e. The summed E-state index contributed by atoms with van der Waals surface area (Å²) in [6, 6.07) is 9.81. The lowest BCUT2D eigenvalue weighted by molar-refractivity contribution is -0.143. The highest BCUT2D eigenvalue weighted by Crippen LogP contribution is 2.28. The normalized spacial score (nSPS) is 13.2. The molecule has 1 unspecified atom stereocenters. The number of carbonyl (C=O) groups excluding carboxylic acids is 3. The molecule has 1 aliphatic heterocycles. The molecule has 1 heterocycles. The summed E-state index contributed by atoms with van der Waals surface area (Å²) in [6.45, 7) is 1.77. The number of rotatable bonds is 11. The van der Waals surface area contributed by atoms with Gasteiger partial charge in [0.2, 0.25) is 6.23 Å². The van der Waals surface area contributed by atoms with E-state index in [-0.39, 0.29) is 43.8 Å². The molecule has 1 atom stereocenters. The Morgan fingerprint density at radius 3 is 2.62 bits per heavy atom. The standard InChI is InChI=1S/C23H27N5O6/c1-3-33-23(28-11-15-8-16(32-2)6-7-17(15)22(28)31)21(30)27-10-14-5-4-13(20(25)26)9-18(14)34-12-19(24)29/h4-9,23H,3,10-12H2,1-2H3,(H2,24,29)(H3,25,26)(H,27,30). The van der Waals surface area contributed by atoms with Crippen LogP contribution in [0.2, 0.25) is 0 Å². The van der Waals surface area contributed by atoms with E-state index in [4.69, 9.17) is 31.1 Å². The molecular formula is C23H27N5O6. The molecule has 3 amide bonds. The molecule has 0 saturated heterocycles. The van der Waals surface area contributed by atoms with E-state index in [0.29, 0.717) is 22.4 Å². The minimum atomic E-state index is -1.15. The minimum absolute atomic E-state index is 0.0114. The Balaban J connectivity index is 1.76. The van der Waals surface area contributed by atoms with Crippen molar-refractivity contribution in [2.75, 3.05) is 20.3 Å². The monoisotopic (exact) mass is 469 g/mol. The first-order valence-electron chi connectivity index (χ1n) is 10.5. The Bertz CT molecular complexity index is 1120. The van der Waals surface area contributed by atoms with Crippen molar-refractivity contribution >= 4 is 23.6 Å². The van der Waals surface area contributed by atoms with Crippen LogP contribution in [0.5, 0.6) is 11.5 Å². The topological polar surface area (TPSA) is 170 Å². The second-order valence-corrected chi connectivity index (χ2v) is 7.47. The zero-order valence-corrected chi connectivity index (χ0v) is 18.9. The van der Waals surface area contributed by atoms with Crippen molar-refractivity contribution < 1.29 is 28.6 Å². The lowest BCUT2D eigenvalue weighted by Crippen LogP contribution is -2.48. The summed E-state index contributed by atoms with van der Waals surface area (Å²) in [4.78, 5) is 38.5. The van der Waals surface area contributed by atoms with Crippen molar-refractivity contribution in [1.82, 2.24) is 10.2 Å². The third-order valence-corrected chi connectivity index (χ3v) is 5.18. The van der Waals surface area contributed by atoms with Gasteiger partial charge in [-0.1, -0.05) is 12.1 Å². The molecule has 0 aliphatic carbocycles. The molecule has 11 heteroatoms. The van der Waals surface area contributed by atoms with E-state index in [9.17, 15) is 14.4 Å². The second kappa shape index (κ2) is 10.7. The Hall–Kier alpha value is -4.12. The van der Waals surface area contributed by atoms with E-state index in [1.165, 1.54) is 18.1 Å². The highest BCUT2D eigenvalue weighted by molar-refractivity contribution is 6.01. The highest BCUT2D eigenvalue weighted by Gasteiger charge is 2.37. The number of nitrogen functional groups attached to an aromatic ring is 1. The van der Waals surface area contributed by atoms with Crippen LogP contribution in [0.4, 0.5) is 0 Å². The maximum Gasteiger partial charge on any atom is 0.270 e. The molecule has 34 heavy (non-hydrogen) atoms. The predicted molar refractivity (Wildman–Crippen MR) is 122 cm³/mol. The molecule has 0 aromatic heterocycles. The molecule has 0 radical (unpaired) electrons. The van der Waals surface area contributed by atoms with E-state index < -0.39 is 18.0 Å². The maximum atomic E-state index is 13.0. The summed E-state index contributed by atoms with van der Waals surface area (Å²) < 4.78 is 16.3. The van der Waals surface area contributed by atoms with Crippen LogP contribution in [-0.4, -0.2) is 55.0 Å². The molecule has 1 aliphatic rings. The zero-order valence-electron chi connectivity index (χ0n) is 18.9. The summed E-state index contributed by atoms with van der Waals surface area (Å²) >= 11 is 0. The molecule has 0 spiro atoms. The van der Waals surface area contributed by atoms with Crippen LogP contribution in [0.15, 0.2) is 36.4 Å². The molecule has 2 aromatic carbocycles. The first-order chi connectivity index (χ1) is 16.2. The number of nitrogens with zero attached hydrogens (tertiary/aromatic N) is 1. The Kier molecular flexibility index (Phi) is 7.69. The van der Waals surface area contributed by atoms with Crippen molar-refractivity contribution in [2.45, 2.75) is 26.2 Å². The number of nitrogens with one attached hydrogen (secondary N) is 2. The number of hydrogen-bond donors (Lipinski definition) is 4.